The molecule has 1 aromatic carbocycles. The minimum atomic E-state index is -0.142. The summed E-state index contributed by atoms with van der Waals surface area (Å²) in [7, 11) is 3.45. The Morgan fingerprint density at radius 3 is 2.74 bits per heavy atom. The predicted octanol–water partition coefficient (Wildman–Crippen LogP) is 3.36. The van der Waals surface area contributed by atoms with Crippen LogP contribution in [-0.4, -0.2) is 39.9 Å². The Morgan fingerprint density at radius 2 is 2.07 bits per heavy atom. The third-order valence-corrected chi connectivity index (χ3v) is 5.25. The van der Waals surface area contributed by atoms with Gasteiger partial charge < -0.3 is 24.5 Å². The number of hydrogen-bond donors (Lipinski definition) is 2. The lowest BCUT2D eigenvalue weighted by Crippen LogP contribution is -2.48. The molecule has 0 atom stereocenters. The lowest BCUT2D eigenvalue weighted by molar-refractivity contribution is 0.0505. The maximum atomic E-state index is 6.30. The number of guanidine groups is 1. The number of halogens is 1. The Kier molecular flexibility index (Phi) is 6.63. The van der Waals surface area contributed by atoms with E-state index in [-0.39, 0.29) is 5.41 Å². The van der Waals surface area contributed by atoms with Gasteiger partial charge in [0.2, 0.25) is 0 Å². The number of aliphatic imine (C=N–C) groups is 1. The Bertz CT molecular complexity index is 756. The summed E-state index contributed by atoms with van der Waals surface area (Å²) in [6, 6.07) is 9.59. The van der Waals surface area contributed by atoms with Crippen molar-refractivity contribution in [1.29, 1.82) is 0 Å². The van der Waals surface area contributed by atoms with E-state index in [0.717, 1.165) is 35.9 Å². The smallest absolute Gasteiger partial charge is 0.191 e. The summed E-state index contributed by atoms with van der Waals surface area (Å²) < 4.78 is 16.6. The highest BCUT2D eigenvalue weighted by Gasteiger charge is 2.37. The molecule has 2 heterocycles. The standard InChI is InChI=1S/C20H26ClN3O3/c1-22-19(23-13-16-4-3-9-27-16)24-14-20(7-10-26-11-8-20)17-12-15(21)5-6-18(17)25-2/h3-6,9,12H,7-8,10-11,13-14H2,1-2H3,(H2,22,23,24). The summed E-state index contributed by atoms with van der Waals surface area (Å²) in [5.41, 5.74) is 0.964. The number of furan rings is 1. The predicted molar refractivity (Wildman–Crippen MR) is 107 cm³/mol. The second-order valence-corrected chi connectivity index (χ2v) is 7.03. The van der Waals surface area contributed by atoms with Crippen LogP contribution in [0.3, 0.4) is 0 Å². The van der Waals surface area contributed by atoms with Crippen LogP contribution in [0, 0.1) is 0 Å². The van der Waals surface area contributed by atoms with Crippen LogP contribution in [0.15, 0.2) is 46.0 Å². The van der Waals surface area contributed by atoms with Crippen molar-refractivity contribution in [3.05, 3.63) is 52.9 Å². The monoisotopic (exact) mass is 391 g/mol. The Balaban J connectivity index is 1.76. The van der Waals surface area contributed by atoms with E-state index in [1.54, 1.807) is 20.4 Å². The Morgan fingerprint density at radius 1 is 1.26 bits per heavy atom. The fourth-order valence-corrected chi connectivity index (χ4v) is 3.63. The maximum Gasteiger partial charge on any atom is 0.191 e. The minimum Gasteiger partial charge on any atom is -0.496 e. The van der Waals surface area contributed by atoms with E-state index >= 15 is 0 Å². The van der Waals surface area contributed by atoms with Gasteiger partial charge in [-0.15, -0.1) is 0 Å². The molecule has 146 valence electrons. The van der Waals surface area contributed by atoms with Crippen molar-refractivity contribution in [2.24, 2.45) is 4.99 Å². The van der Waals surface area contributed by atoms with Gasteiger partial charge in [0.1, 0.15) is 11.5 Å². The first-order valence-electron chi connectivity index (χ1n) is 9.05. The SMILES string of the molecule is CN=C(NCc1ccco1)NCC1(c2cc(Cl)ccc2OC)CCOCC1. The van der Waals surface area contributed by atoms with Crippen molar-refractivity contribution in [2.45, 2.75) is 24.8 Å². The molecule has 2 aromatic rings. The van der Waals surface area contributed by atoms with Gasteiger partial charge in [0, 0.05) is 42.8 Å². The molecule has 0 amide bonds. The molecule has 0 aliphatic carbocycles. The molecular formula is C20H26ClN3O3. The van der Waals surface area contributed by atoms with Crippen molar-refractivity contribution < 1.29 is 13.9 Å². The Labute approximate surface area is 164 Å². The summed E-state index contributed by atoms with van der Waals surface area (Å²) in [4.78, 5) is 4.32. The molecule has 0 spiro atoms. The highest BCUT2D eigenvalue weighted by Crippen LogP contribution is 2.40. The van der Waals surface area contributed by atoms with E-state index in [2.05, 4.69) is 15.6 Å². The molecule has 1 aliphatic heterocycles. The van der Waals surface area contributed by atoms with Crippen molar-refractivity contribution in [2.75, 3.05) is 33.9 Å². The van der Waals surface area contributed by atoms with Gasteiger partial charge in [-0.1, -0.05) is 11.6 Å². The molecular weight excluding hydrogens is 366 g/mol. The quantitative estimate of drug-likeness (QED) is 0.583. The molecule has 0 saturated carbocycles. The second kappa shape index (κ2) is 9.15. The van der Waals surface area contributed by atoms with Gasteiger partial charge in [-0.2, -0.15) is 0 Å². The van der Waals surface area contributed by atoms with Crippen molar-refractivity contribution >= 4 is 17.6 Å². The van der Waals surface area contributed by atoms with E-state index in [4.69, 9.17) is 25.5 Å². The number of rotatable bonds is 6. The van der Waals surface area contributed by atoms with E-state index < -0.39 is 0 Å². The van der Waals surface area contributed by atoms with Gasteiger partial charge in [0.05, 0.1) is 19.9 Å². The highest BCUT2D eigenvalue weighted by atomic mass is 35.5. The van der Waals surface area contributed by atoms with E-state index in [0.29, 0.717) is 31.3 Å². The van der Waals surface area contributed by atoms with Gasteiger partial charge in [-0.05, 0) is 43.2 Å². The third-order valence-electron chi connectivity index (χ3n) is 5.01. The van der Waals surface area contributed by atoms with Crippen LogP contribution in [0.5, 0.6) is 5.75 Å². The van der Waals surface area contributed by atoms with E-state index in [9.17, 15) is 0 Å². The molecule has 1 fully saturated rings. The third kappa shape index (κ3) is 4.76. The van der Waals surface area contributed by atoms with Crippen LogP contribution in [0.1, 0.15) is 24.2 Å². The van der Waals surface area contributed by atoms with Gasteiger partial charge in [0.15, 0.2) is 5.96 Å². The molecule has 3 rings (SSSR count). The molecule has 2 N–H and O–H groups in total. The van der Waals surface area contributed by atoms with E-state index in [1.807, 2.05) is 30.3 Å². The molecule has 0 unspecified atom stereocenters. The Hall–Kier alpha value is -2.18. The fraction of sp³-hybridized carbons (Fsp3) is 0.450. The van der Waals surface area contributed by atoms with Gasteiger partial charge >= 0.3 is 0 Å². The summed E-state index contributed by atoms with van der Waals surface area (Å²) in [6.45, 7) is 2.68. The zero-order valence-corrected chi connectivity index (χ0v) is 16.5. The van der Waals surface area contributed by atoms with Crippen LogP contribution in [0.4, 0.5) is 0 Å². The average Bonchev–Trinajstić information content (AvgIpc) is 3.22. The van der Waals surface area contributed by atoms with Crippen LogP contribution >= 0.6 is 11.6 Å². The topological polar surface area (TPSA) is 68.0 Å². The molecule has 1 aromatic heterocycles. The van der Waals surface area contributed by atoms with Gasteiger partial charge in [0.25, 0.3) is 0 Å². The van der Waals surface area contributed by atoms with Crippen molar-refractivity contribution in [3.63, 3.8) is 0 Å². The zero-order chi connectivity index (χ0) is 19.1. The van der Waals surface area contributed by atoms with Gasteiger partial charge in [-0.25, -0.2) is 0 Å². The van der Waals surface area contributed by atoms with Crippen LogP contribution in [-0.2, 0) is 16.7 Å². The van der Waals surface area contributed by atoms with Crippen molar-refractivity contribution in [3.8, 4) is 5.75 Å². The summed E-state index contributed by atoms with van der Waals surface area (Å²) in [6.07, 6.45) is 3.42. The molecule has 1 saturated heterocycles. The summed E-state index contributed by atoms with van der Waals surface area (Å²) in [5.74, 6) is 2.43. The largest absolute Gasteiger partial charge is 0.496 e. The molecule has 0 radical (unpaired) electrons. The zero-order valence-electron chi connectivity index (χ0n) is 15.8. The molecule has 0 bridgehead atoms. The number of nitrogens with zero attached hydrogens (tertiary/aromatic N) is 1. The normalized spacial score (nSPS) is 16.8. The molecule has 6 nitrogen and oxygen atoms in total. The second-order valence-electron chi connectivity index (χ2n) is 6.60. The first-order valence-corrected chi connectivity index (χ1v) is 9.43. The number of ether oxygens (including phenoxy) is 2. The number of methoxy groups -OCH3 is 1. The lowest BCUT2D eigenvalue weighted by atomic mass is 9.73. The fourth-order valence-electron chi connectivity index (χ4n) is 3.46. The number of benzene rings is 1. The molecule has 27 heavy (non-hydrogen) atoms. The first-order chi connectivity index (χ1) is 13.2. The number of hydrogen-bond acceptors (Lipinski definition) is 4. The maximum absolute atomic E-state index is 6.30. The van der Waals surface area contributed by atoms with E-state index in [1.165, 1.54) is 0 Å². The first kappa shape index (κ1) is 19.6. The average molecular weight is 392 g/mol. The van der Waals surface area contributed by atoms with Gasteiger partial charge in [-0.3, -0.25) is 4.99 Å². The van der Waals surface area contributed by atoms with Crippen LogP contribution in [0.25, 0.3) is 0 Å². The minimum absolute atomic E-state index is 0.142. The van der Waals surface area contributed by atoms with Crippen LogP contribution < -0.4 is 15.4 Å². The summed E-state index contributed by atoms with van der Waals surface area (Å²) in [5, 5.41) is 7.44. The highest BCUT2D eigenvalue weighted by molar-refractivity contribution is 6.30. The lowest BCUT2D eigenvalue weighted by Gasteiger charge is -2.39. The van der Waals surface area contributed by atoms with Crippen molar-refractivity contribution in [1.82, 2.24) is 10.6 Å². The molecule has 7 heteroatoms. The van der Waals surface area contributed by atoms with Crippen LogP contribution in [0.2, 0.25) is 5.02 Å². The molecule has 1 aliphatic rings. The summed E-state index contributed by atoms with van der Waals surface area (Å²) >= 11 is 6.30. The number of nitrogens with one attached hydrogen (secondary N) is 2.